The molecule has 0 spiro atoms. The molecule has 0 atom stereocenters. The molecule has 2 amide bonds. The lowest BCUT2D eigenvalue weighted by atomic mass is 9.95. The topological polar surface area (TPSA) is 92.5 Å². The number of halogens is 2. The van der Waals surface area contributed by atoms with E-state index in [1.54, 1.807) is 4.90 Å². The van der Waals surface area contributed by atoms with E-state index in [2.05, 4.69) is 5.32 Å². The van der Waals surface area contributed by atoms with Crippen molar-refractivity contribution < 1.29 is 18.9 Å². The molecular weight excluding hydrogens is 389 g/mol. The quantitative estimate of drug-likeness (QED) is 0.617. The van der Waals surface area contributed by atoms with E-state index in [-0.39, 0.29) is 28.4 Å². The summed E-state index contributed by atoms with van der Waals surface area (Å²) >= 11 is 6.00. The number of nitrogens with one attached hydrogen (secondary N) is 1. The van der Waals surface area contributed by atoms with Gasteiger partial charge >= 0.3 is 0 Å². The van der Waals surface area contributed by atoms with Crippen molar-refractivity contribution in [2.24, 2.45) is 5.92 Å². The molecule has 0 radical (unpaired) electrons. The number of nitro benzene ring substituents is 1. The van der Waals surface area contributed by atoms with Crippen molar-refractivity contribution in [2.45, 2.75) is 12.8 Å². The largest absolute Gasteiger partial charge is 0.339 e. The van der Waals surface area contributed by atoms with Crippen LogP contribution in [0.4, 0.5) is 15.8 Å². The van der Waals surface area contributed by atoms with E-state index in [1.165, 1.54) is 42.5 Å². The Labute approximate surface area is 165 Å². The Hall–Kier alpha value is -3.00. The van der Waals surface area contributed by atoms with Gasteiger partial charge in [-0.1, -0.05) is 11.6 Å². The average Bonchev–Trinajstić information content (AvgIpc) is 2.69. The number of non-ortho nitro benzene ring substituents is 1. The third kappa shape index (κ3) is 4.45. The molecule has 2 aromatic carbocycles. The number of anilines is 1. The van der Waals surface area contributed by atoms with Gasteiger partial charge in [0.25, 0.3) is 11.6 Å². The second kappa shape index (κ2) is 8.35. The highest BCUT2D eigenvalue weighted by molar-refractivity contribution is 6.34. The Morgan fingerprint density at radius 1 is 1.14 bits per heavy atom. The molecule has 1 N–H and O–H groups in total. The van der Waals surface area contributed by atoms with Crippen molar-refractivity contribution in [3.63, 3.8) is 0 Å². The van der Waals surface area contributed by atoms with Gasteiger partial charge in [-0.2, -0.15) is 0 Å². The summed E-state index contributed by atoms with van der Waals surface area (Å²) in [7, 11) is 0. The SMILES string of the molecule is O=C(Nc1ccc([N+](=O)[O-])cc1Cl)C1CCN(C(=O)c2ccc(F)cc2)CC1. The molecular formula is C19H17ClFN3O4. The maximum atomic E-state index is 13.0. The smallest absolute Gasteiger partial charge is 0.271 e. The first-order valence-electron chi connectivity index (χ1n) is 8.65. The van der Waals surface area contributed by atoms with E-state index < -0.39 is 10.7 Å². The van der Waals surface area contributed by atoms with Crippen molar-refractivity contribution in [1.29, 1.82) is 0 Å². The van der Waals surface area contributed by atoms with E-state index in [1.807, 2.05) is 0 Å². The summed E-state index contributed by atoms with van der Waals surface area (Å²) in [4.78, 5) is 36.7. The molecule has 0 bridgehead atoms. The van der Waals surface area contributed by atoms with Gasteiger partial charge in [0, 0.05) is 36.7 Å². The number of rotatable bonds is 4. The van der Waals surface area contributed by atoms with Crippen LogP contribution in [0.1, 0.15) is 23.2 Å². The third-order valence-corrected chi connectivity index (χ3v) is 4.98. The summed E-state index contributed by atoms with van der Waals surface area (Å²) in [6.45, 7) is 0.810. The molecule has 28 heavy (non-hydrogen) atoms. The van der Waals surface area contributed by atoms with Gasteiger partial charge in [-0.05, 0) is 43.2 Å². The zero-order chi connectivity index (χ0) is 20.3. The molecule has 1 heterocycles. The molecule has 1 fully saturated rings. The Bertz CT molecular complexity index is 912. The van der Waals surface area contributed by atoms with Crippen LogP contribution in [0.15, 0.2) is 42.5 Å². The van der Waals surface area contributed by atoms with Crippen LogP contribution in [-0.4, -0.2) is 34.7 Å². The fourth-order valence-electron chi connectivity index (χ4n) is 3.07. The molecule has 7 nitrogen and oxygen atoms in total. The second-order valence-electron chi connectivity index (χ2n) is 6.48. The molecule has 0 aliphatic carbocycles. The van der Waals surface area contributed by atoms with Crippen LogP contribution in [0.5, 0.6) is 0 Å². The summed E-state index contributed by atoms with van der Waals surface area (Å²) in [6, 6.07) is 9.20. The van der Waals surface area contributed by atoms with E-state index in [0.29, 0.717) is 37.2 Å². The lowest BCUT2D eigenvalue weighted by molar-refractivity contribution is -0.384. The van der Waals surface area contributed by atoms with Gasteiger partial charge in [0.2, 0.25) is 5.91 Å². The van der Waals surface area contributed by atoms with E-state index in [4.69, 9.17) is 11.6 Å². The summed E-state index contributed by atoms with van der Waals surface area (Å²) < 4.78 is 13.0. The Morgan fingerprint density at radius 3 is 2.36 bits per heavy atom. The highest BCUT2D eigenvalue weighted by atomic mass is 35.5. The van der Waals surface area contributed by atoms with Crippen LogP contribution >= 0.6 is 11.6 Å². The van der Waals surface area contributed by atoms with Gasteiger partial charge in [-0.15, -0.1) is 0 Å². The molecule has 0 unspecified atom stereocenters. The van der Waals surface area contributed by atoms with Gasteiger partial charge in [0.15, 0.2) is 0 Å². The fraction of sp³-hybridized carbons (Fsp3) is 0.263. The normalized spacial score (nSPS) is 14.6. The minimum absolute atomic E-state index is 0.0893. The van der Waals surface area contributed by atoms with Crippen LogP contribution in [0.2, 0.25) is 5.02 Å². The number of carbonyl (C=O) groups is 2. The second-order valence-corrected chi connectivity index (χ2v) is 6.89. The van der Waals surface area contributed by atoms with E-state index in [9.17, 15) is 24.1 Å². The maximum Gasteiger partial charge on any atom is 0.271 e. The first kappa shape index (κ1) is 19.8. The maximum absolute atomic E-state index is 13.0. The van der Waals surface area contributed by atoms with E-state index >= 15 is 0 Å². The minimum atomic E-state index is -0.564. The van der Waals surface area contributed by atoms with Gasteiger partial charge < -0.3 is 10.2 Å². The highest BCUT2D eigenvalue weighted by Crippen LogP contribution is 2.28. The number of carbonyl (C=O) groups excluding carboxylic acids is 2. The van der Waals surface area contributed by atoms with Crippen LogP contribution in [0.25, 0.3) is 0 Å². The fourth-order valence-corrected chi connectivity index (χ4v) is 3.30. The monoisotopic (exact) mass is 405 g/mol. The third-order valence-electron chi connectivity index (χ3n) is 4.67. The van der Waals surface area contributed by atoms with E-state index in [0.717, 1.165) is 0 Å². The summed E-state index contributed by atoms with van der Waals surface area (Å²) in [5, 5.41) is 13.5. The number of amides is 2. The Morgan fingerprint density at radius 2 is 1.79 bits per heavy atom. The number of nitro groups is 1. The molecule has 0 aromatic heterocycles. The number of piperidine rings is 1. The Kier molecular flexibility index (Phi) is 5.89. The average molecular weight is 406 g/mol. The zero-order valence-corrected chi connectivity index (χ0v) is 15.5. The predicted octanol–water partition coefficient (Wildman–Crippen LogP) is 3.88. The molecule has 1 aliphatic heterocycles. The first-order valence-corrected chi connectivity index (χ1v) is 9.02. The molecule has 0 saturated carbocycles. The van der Waals surface area contributed by atoms with Crippen molar-refractivity contribution in [3.8, 4) is 0 Å². The number of hydrogen-bond donors (Lipinski definition) is 1. The van der Waals surface area contributed by atoms with Crippen LogP contribution in [0, 0.1) is 21.8 Å². The standard InChI is InChI=1S/C19H17ClFN3O4/c20-16-11-15(24(27)28)5-6-17(16)22-18(25)12-7-9-23(10-8-12)19(26)13-1-3-14(21)4-2-13/h1-6,11-12H,7-10H2,(H,22,25). The molecule has 1 aliphatic rings. The van der Waals surface area contributed by atoms with Gasteiger partial charge in [0.05, 0.1) is 15.6 Å². The molecule has 146 valence electrons. The zero-order valence-electron chi connectivity index (χ0n) is 14.7. The molecule has 1 saturated heterocycles. The summed E-state index contributed by atoms with van der Waals surface area (Å²) in [6.07, 6.45) is 0.951. The first-order chi connectivity index (χ1) is 13.3. The van der Waals surface area contributed by atoms with Gasteiger partial charge in [0.1, 0.15) is 5.82 Å². The lowest BCUT2D eigenvalue weighted by Gasteiger charge is -2.31. The van der Waals surface area contributed by atoms with Gasteiger partial charge in [-0.3, -0.25) is 19.7 Å². The number of nitrogens with zero attached hydrogens (tertiary/aromatic N) is 2. The van der Waals surface area contributed by atoms with Crippen molar-refractivity contribution in [3.05, 3.63) is 69.0 Å². The van der Waals surface area contributed by atoms with Crippen molar-refractivity contribution in [1.82, 2.24) is 4.90 Å². The molecule has 9 heteroatoms. The highest BCUT2D eigenvalue weighted by Gasteiger charge is 2.28. The predicted molar refractivity (Wildman–Crippen MR) is 102 cm³/mol. The lowest BCUT2D eigenvalue weighted by Crippen LogP contribution is -2.41. The van der Waals surface area contributed by atoms with Crippen LogP contribution in [0.3, 0.4) is 0 Å². The Balaban J connectivity index is 1.57. The van der Waals surface area contributed by atoms with Crippen LogP contribution < -0.4 is 5.32 Å². The number of likely N-dealkylation sites (tertiary alicyclic amines) is 1. The molecule has 3 rings (SSSR count). The van der Waals surface area contributed by atoms with Crippen molar-refractivity contribution >= 4 is 34.8 Å². The summed E-state index contributed by atoms with van der Waals surface area (Å²) in [5.74, 6) is -1.15. The minimum Gasteiger partial charge on any atom is -0.339 e. The molecule has 2 aromatic rings. The van der Waals surface area contributed by atoms with Gasteiger partial charge in [-0.25, -0.2) is 4.39 Å². The summed E-state index contributed by atoms with van der Waals surface area (Å²) in [5.41, 5.74) is 0.555. The van der Waals surface area contributed by atoms with Crippen LogP contribution in [-0.2, 0) is 4.79 Å². The van der Waals surface area contributed by atoms with Crippen molar-refractivity contribution in [2.75, 3.05) is 18.4 Å². The number of benzene rings is 2. The number of hydrogen-bond acceptors (Lipinski definition) is 4.